The van der Waals surface area contributed by atoms with Crippen LogP contribution in [0, 0.1) is 6.92 Å². The predicted molar refractivity (Wildman–Crippen MR) is 139 cm³/mol. The third kappa shape index (κ3) is 4.43. The third-order valence-electron chi connectivity index (χ3n) is 5.62. The first-order valence-electron chi connectivity index (χ1n) is 10.9. The number of nitrogens with one attached hydrogen (secondary N) is 1. The van der Waals surface area contributed by atoms with Crippen molar-refractivity contribution in [2.75, 3.05) is 5.75 Å². The molecule has 0 saturated carbocycles. The Morgan fingerprint density at radius 1 is 1.15 bits per heavy atom. The van der Waals surface area contributed by atoms with Crippen LogP contribution in [0.4, 0.5) is 0 Å². The largest absolute Gasteiger partial charge is 0.327 e. The number of fused-ring (bicyclic) bond motifs is 3. The molecule has 0 radical (unpaired) electrons. The normalized spacial score (nSPS) is 14.7. The molecule has 4 aromatic rings. The highest BCUT2D eigenvalue weighted by atomic mass is 32.2. The molecule has 34 heavy (non-hydrogen) atoms. The Balaban J connectivity index is 1.30. The molecule has 5 rings (SSSR count). The molecule has 2 aromatic heterocycles. The summed E-state index contributed by atoms with van der Waals surface area (Å²) in [5.41, 5.74) is 5.69. The van der Waals surface area contributed by atoms with Gasteiger partial charge in [-0.2, -0.15) is 5.10 Å². The first-order valence-corrected chi connectivity index (χ1v) is 12.8. The van der Waals surface area contributed by atoms with Crippen molar-refractivity contribution in [1.82, 2.24) is 25.1 Å². The summed E-state index contributed by atoms with van der Waals surface area (Å²) < 4.78 is 2.00. The molecule has 1 amide bonds. The topological polar surface area (TPSA) is 97.4 Å². The van der Waals surface area contributed by atoms with Crippen molar-refractivity contribution in [2.45, 2.75) is 30.7 Å². The van der Waals surface area contributed by atoms with Crippen molar-refractivity contribution in [3.8, 4) is 0 Å². The van der Waals surface area contributed by atoms with E-state index in [0.29, 0.717) is 22.5 Å². The molecule has 1 N–H and O–H groups in total. The van der Waals surface area contributed by atoms with Gasteiger partial charge >= 0.3 is 0 Å². The quantitative estimate of drug-likeness (QED) is 0.419. The lowest BCUT2D eigenvalue weighted by atomic mass is 10.1. The van der Waals surface area contributed by atoms with Gasteiger partial charge < -0.3 is 9.88 Å². The van der Waals surface area contributed by atoms with Crippen LogP contribution in [-0.4, -0.2) is 47.5 Å². The molecule has 3 heterocycles. The highest BCUT2D eigenvalue weighted by Crippen LogP contribution is 2.28. The second-order valence-corrected chi connectivity index (χ2v) is 10.1. The first kappa shape index (κ1) is 22.5. The number of para-hydroxylation sites is 1. The number of aromatic nitrogens is 4. The summed E-state index contributed by atoms with van der Waals surface area (Å²) in [7, 11) is 1.96. The van der Waals surface area contributed by atoms with Crippen molar-refractivity contribution in [1.29, 1.82) is 0 Å². The van der Waals surface area contributed by atoms with Crippen molar-refractivity contribution >= 4 is 62.4 Å². The van der Waals surface area contributed by atoms with Crippen LogP contribution in [0.15, 0.2) is 63.9 Å². The smallest absolute Gasteiger partial charge is 0.239 e. The van der Waals surface area contributed by atoms with Crippen LogP contribution >= 0.6 is 23.5 Å². The molecule has 1 aliphatic heterocycles. The Morgan fingerprint density at radius 3 is 2.68 bits per heavy atom. The van der Waals surface area contributed by atoms with Crippen LogP contribution in [0.1, 0.15) is 24.5 Å². The molecule has 0 fully saturated rings. The van der Waals surface area contributed by atoms with Crippen LogP contribution in [0.2, 0.25) is 0 Å². The molecule has 0 saturated heterocycles. The standard InChI is InChI=1S/C24H23N7OS2/c1-4-19(22(32)26-23-29-27-17(13-33-23)15-11-9-14(2)10-12-15)34-24-25-21-20(28-30-24)16-7-5-6-8-18(16)31(21)3/h5-12,19H,4,13H2,1-3H3,(H,26,29,32). The molecular formula is C24H23N7OS2. The number of thioether (sulfide) groups is 2. The summed E-state index contributed by atoms with van der Waals surface area (Å²) >= 11 is 2.78. The van der Waals surface area contributed by atoms with Crippen LogP contribution in [0.5, 0.6) is 0 Å². The number of amides is 1. The average Bonchev–Trinajstić information content (AvgIpc) is 3.15. The van der Waals surface area contributed by atoms with E-state index in [4.69, 9.17) is 4.98 Å². The van der Waals surface area contributed by atoms with Crippen LogP contribution in [0.25, 0.3) is 22.1 Å². The minimum atomic E-state index is -0.375. The van der Waals surface area contributed by atoms with Crippen molar-refractivity contribution in [3.05, 3.63) is 59.7 Å². The van der Waals surface area contributed by atoms with Gasteiger partial charge in [-0.1, -0.05) is 78.5 Å². The molecule has 0 spiro atoms. The van der Waals surface area contributed by atoms with E-state index in [-0.39, 0.29) is 11.2 Å². The SMILES string of the molecule is CCC(Sc1nnc2c3ccccc3n(C)c2n1)C(=O)NC1=NN=C(c2ccc(C)cc2)CS1. The van der Waals surface area contributed by atoms with E-state index >= 15 is 0 Å². The van der Waals surface area contributed by atoms with Gasteiger partial charge in [-0.05, 0) is 25.0 Å². The van der Waals surface area contributed by atoms with E-state index in [1.807, 2.05) is 54.9 Å². The molecule has 10 heteroatoms. The second-order valence-electron chi connectivity index (χ2n) is 7.95. The van der Waals surface area contributed by atoms with Crippen molar-refractivity contribution < 1.29 is 4.79 Å². The van der Waals surface area contributed by atoms with Gasteiger partial charge in [-0.3, -0.25) is 4.79 Å². The number of hydrogen-bond donors (Lipinski definition) is 1. The molecular weight excluding hydrogens is 466 g/mol. The van der Waals surface area contributed by atoms with Gasteiger partial charge in [0.15, 0.2) is 10.8 Å². The van der Waals surface area contributed by atoms with Crippen LogP contribution in [0.3, 0.4) is 0 Å². The van der Waals surface area contributed by atoms with Crippen molar-refractivity contribution in [2.24, 2.45) is 17.3 Å². The number of carbonyl (C=O) groups is 1. The lowest BCUT2D eigenvalue weighted by molar-refractivity contribution is -0.119. The Hall–Kier alpha value is -3.24. The minimum Gasteiger partial charge on any atom is -0.327 e. The molecule has 1 aliphatic rings. The number of amidine groups is 1. The third-order valence-corrected chi connectivity index (χ3v) is 7.71. The number of nitrogens with zero attached hydrogens (tertiary/aromatic N) is 6. The number of hydrogen-bond acceptors (Lipinski definition) is 8. The van der Waals surface area contributed by atoms with E-state index < -0.39 is 0 Å². The molecule has 1 unspecified atom stereocenters. The summed E-state index contributed by atoms with van der Waals surface area (Å²) in [6.07, 6.45) is 0.614. The minimum absolute atomic E-state index is 0.145. The van der Waals surface area contributed by atoms with E-state index in [9.17, 15) is 4.79 Å². The van der Waals surface area contributed by atoms with Gasteiger partial charge in [0.05, 0.1) is 16.5 Å². The predicted octanol–water partition coefficient (Wildman–Crippen LogP) is 4.32. The lowest BCUT2D eigenvalue weighted by Crippen LogP contribution is -2.37. The molecule has 0 bridgehead atoms. The first-order chi connectivity index (χ1) is 16.5. The van der Waals surface area contributed by atoms with Gasteiger partial charge in [0.25, 0.3) is 0 Å². The highest BCUT2D eigenvalue weighted by molar-refractivity contribution is 8.14. The van der Waals surface area contributed by atoms with Gasteiger partial charge in [-0.15, -0.1) is 15.3 Å². The Kier molecular flexibility index (Phi) is 6.34. The fourth-order valence-corrected chi connectivity index (χ4v) is 5.31. The van der Waals surface area contributed by atoms with E-state index in [1.54, 1.807) is 0 Å². The molecule has 2 aromatic carbocycles. The maximum absolute atomic E-state index is 13.0. The fraction of sp³-hybridized carbons (Fsp3) is 0.250. The van der Waals surface area contributed by atoms with E-state index in [1.165, 1.54) is 29.1 Å². The van der Waals surface area contributed by atoms with Crippen LogP contribution < -0.4 is 5.32 Å². The van der Waals surface area contributed by atoms with Crippen molar-refractivity contribution in [3.63, 3.8) is 0 Å². The monoisotopic (exact) mass is 489 g/mol. The molecule has 1 atom stereocenters. The maximum atomic E-state index is 13.0. The van der Waals surface area contributed by atoms with Gasteiger partial charge in [0.1, 0.15) is 5.52 Å². The highest BCUT2D eigenvalue weighted by Gasteiger charge is 2.23. The zero-order valence-corrected chi connectivity index (χ0v) is 20.7. The summed E-state index contributed by atoms with van der Waals surface area (Å²) in [4.78, 5) is 17.6. The van der Waals surface area contributed by atoms with E-state index in [0.717, 1.165) is 33.3 Å². The summed E-state index contributed by atoms with van der Waals surface area (Å²) in [5, 5.41) is 21.8. The maximum Gasteiger partial charge on any atom is 0.239 e. The Bertz CT molecular complexity index is 1440. The van der Waals surface area contributed by atoms with Gasteiger partial charge in [-0.25, -0.2) is 4.98 Å². The molecule has 0 aliphatic carbocycles. The van der Waals surface area contributed by atoms with Gasteiger partial charge in [0, 0.05) is 18.2 Å². The second kappa shape index (κ2) is 9.55. The van der Waals surface area contributed by atoms with Crippen LogP contribution in [-0.2, 0) is 11.8 Å². The fourth-order valence-electron chi connectivity index (χ4n) is 3.73. The lowest BCUT2D eigenvalue weighted by Gasteiger charge is -2.16. The Labute approximate surface area is 205 Å². The zero-order chi connectivity index (χ0) is 23.7. The Morgan fingerprint density at radius 2 is 1.94 bits per heavy atom. The summed E-state index contributed by atoms with van der Waals surface area (Å²) in [6.45, 7) is 4.01. The van der Waals surface area contributed by atoms with Gasteiger partial charge in [0.2, 0.25) is 11.1 Å². The average molecular weight is 490 g/mol. The number of carbonyl (C=O) groups excluding carboxylic acids is 1. The number of rotatable bonds is 5. The van der Waals surface area contributed by atoms with E-state index in [2.05, 4.69) is 44.8 Å². The number of benzene rings is 2. The zero-order valence-electron chi connectivity index (χ0n) is 19.0. The summed E-state index contributed by atoms with van der Waals surface area (Å²) in [5.74, 6) is 0.505. The molecule has 8 nitrogen and oxygen atoms in total. The number of aryl methyl sites for hydroxylation is 2. The summed E-state index contributed by atoms with van der Waals surface area (Å²) in [6, 6.07) is 16.2. The molecule has 172 valence electrons.